The monoisotopic (exact) mass is 336 g/mol. The van der Waals surface area contributed by atoms with Crippen LogP contribution in [-0.2, 0) is 17.1 Å². The highest BCUT2D eigenvalue weighted by atomic mass is 32.2. The average molecular weight is 336 g/mol. The molecule has 2 aromatic carbocycles. The first-order chi connectivity index (χ1) is 11.6. The third-order valence-electron chi connectivity index (χ3n) is 4.21. The summed E-state index contributed by atoms with van der Waals surface area (Å²) >= 11 is 0. The Morgan fingerprint density at radius 1 is 0.792 bits per heavy atom. The first-order valence-corrected chi connectivity index (χ1v) is 9.04. The molecule has 5 heteroatoms. The van der Waals surface area contributed by atoms with Crippen molar-refractivity contribution in [2.45, 2.75) is 4.90 Å². The molecule has 0 aliphatic heterocycles. The molecular weight excluding hydrogens is 320 g/mol. The Kier molecular flexibility index (Phi) is 3.32. The van der Waals surface area contributed by atoms with Crippen molar-refractivity contribution in [1.29, 1.82) is 0 Å². The number of hydrogen-bond acceptors (Lipinski definition) is 2. The normalized spacial score (nSPS) is 11.9. The highest BCUT2D eigenvalue weighted by Crippen LogP contribution is 2.27. The summed E-state index contributed by atoms with van der Waals surface area (Å²) in [5.74, 6) is 0. The number of aromatic nitrogens is 2. The van der Waals surface area contributed by atoms with Gasteiger partial charge in [-0.05, 0) is 53.6 Å². The molecule has 4 nitrogen and oxygen atoms in total. The summed E-state index contributed by atoms with van der Waals surface area (Å²) in [6.45, 7) is 0. The van der Waals surface area contributed by atoms with Crippen LogP contribution >= 0.6 is 0 Å². The van der Waals surface area contributed by atoms with Gasteiger partial charge in [-0.25, -0.2) is 12.4 Å². The molecule has 4 aromatic rings. The molecule has 0 unspecified atom stereocenters. The zero-order valence-electron chi connectivity index (χ0n) is 13.1. The lowest BCUT2D eigenvalue weighted by molar-refractivity contribution is 0.587. The van der Waals surface area contributed by atoms with E-state index in [1.54, 1.807) is 30.3 Å². The molecule has 0 spiro atoms. The quantitative estimate of drug-likeness (QED) is 0.570. The van der Waals surface area contributed by atoms with Crippen molar-refractivity contribution < 1.29 is 8.42 Å². The lowest BCUT2D eigenvalue weighted by Crippen LogP contribution is -2.10. The molecule has 0 fully saturated rings. The summed E-state index contributed by atoms with van der Waals surface area (Å²) in [6.07, 6.45) is 5.09. The number of aryl methyl sites for hydroxylation is 1. The predicted molar refractivity (Wildman–Crippen MR) is 95.4 cm³/mol. The minimum Gasteiger partial charge on any atom is -0.351 e. The van der Waals surface area contributed by atoms with Crippen LogP contribution in [0.15, 0.2) is 84.1 Å². The molecule has 0 bridgehead atoms. The van der Waals surface area contributed by atoms with Crippen LogP contribution in [0, 0.1) is 0 Å². The molecule has 0 saturated carbocycles. The molecule has 0 N–H and O–H groups in total. The van der Waals surface area contributed by atoms with Gasteiger partial charge in [0.1, 0.15) is 0 Å². The summed E-state index contributed by atoms with van der Waals surface area (Å²) < 4.78 is 28.6. The molecular formula is C19H16N2O2S. The average Bonchev–Trinajstić information content (AvgIpc) is 3.25. The van der Waals surface area contributed by atoms with Crippen LogP contribution in [0.5, 0.6) is 0 Å². The molecule has 0 aliphatic rings. The molecule has 4 rings (SSSR count). The second kappa shape index (κ2) is 5.39. The van der Waals surface area contributed by atoms with Crippen molar-refractivity contribution in [1.82, 2.24) is 8.54 Å². The smallest absolute Gasteiger partial charge is 0.267 e. The fourth-order valence-electron chi connectivity index (χ4n) is 2.90. The largest absolute Gasteiger partial charge is 0.351 e. The molecule has 0 saturated heterocycles. The SMILES string of the molecule is Cn1ccc2cc(-c3cccc(S(=O)(=O)n4cccc4)c3)ccc21. The first-order valence-electron chi connectivity index (χ1n) is 7.60. The maximum Gasteiger partial charge on any atom is 0.267 e. The fourth-order valence-corrected chi connectivity index (χ4v) is 4.13. The number of nitrogens with zero attached hydrogens (tertiary/aromatic N) is 2. The van der Waals surface area contributed by atoms with Gasteiger partial charge in [0.2, 0.25) is 0 Å². The van der Waals surface area contributed by atoms with E-state index in [1.807, 2.05) is 25.4 Å². The van der Waals surface area contributed by atoms with Gasteiger partial charge < -0.3 is 4.57 Å². The van der Waals surface area contributed by atoms with E-state index in [1.165, 1.54) is 16.4 Å². The standard InChI is InChI=1S/C19H16N2O2S/c1-20-12-9-17-13-16(7-8-19(17)20)15-5-4-6-18(14-15)24(22,23)21-10-2-3-11-21/h2-14H,1H3. The Hall–Kier alpha value is -2.79. The van der Waals surface area contributed by atoms with E-state index in [4.69, 9.17) is 0 Å². The third kappa shape index (κ3) is 2.34. The van der Waals surface area contributed by atoms with Gasteiger partial charge >= 0.3 is 0 Å². The van der Waals surface area contributed by atoms with Crippen LogP contribution in [0.3, 0.4) is 0 Å². The van der Waals surface area contributed by atoms with Gasteiger partial charge in [-0.15, -0.1) is 0 Å². The highest BCUT2D eigenvalue weighted by Gasteiger charge is 2.16. The van der Waals surface area contributed by atoms with Gasteiger partial charge in [-0.2, -0.15) is 0 Å². The van der Waals surface area contributed by atoms with Crippen molar-refractivity contribution in [3.8, 4) is 11.1 Å². The third-order valence-corrected chi connectivity index (χ3v) is 5.85. The fraction of sp³-hybridized carbons (Fsp3) is 0.0526. The molecule has 0 atom stereocenters. The summed E-state index contributed by atoms with van der Waals surface area (Å²) in [5.41, 5.74) is 3.03. The van der Waals surface area contributed by atoms with E-state index in [2.05, 4.69) is 22.8 Å². The second-order valence-electron chi connectivity index (χ2n) is 5.75. The van der Waals surface area contributed by atoms with Crippen LogP contribution in [-0.4, -0.2) is 17.0 Å². The Bertz CT molecular complexity index is 1120. The van der Waals surface area contributed by atoms with Gasteiger partial charge in [0, 0.05) is 36.5 Å². The van der Waals surface area contributed by atoms with Crippen LogP contribution in [0.2, 0.25) is 0 Å². The van der Waals surface area contributed by atoms with Crippen molar-refractivity contribution in [2.24, 2.45) is 7.05 Å². The highest BCUT2D eigenvalue weighted by molar-refractivity contribution is 7.90. The van der Waals surface area contributed by atoms with Crippen LogP contribution in [0.4, 0.5) is 0 Å². The van der Waals surface area contributed by atoms with Crippen molar-refractivity contribution in [2.75, 3.05) is 0 Å². The molecule has 0 amide bonds. The zero-order valence-corrected chi connectivity index (χ0v) is 13.9. The number of hydrogen-bond donors (Lipinski definition) is 0. The van der Waals surface area contributed by atoms with E-state index in [0.717, 1.165) is 22.0 Å². The zero-order chi connectivity index (χ0) is 16.7. The Morgan fingerprint density at radius 2 is 1.54 bits per heavy atom. The summed E-state index contributed by atoms with van der Waals surface area (Å²) in [5, 5.41) is 1.13. The minimum absolute atomic E-state index is 0.282. The molecule has 24 heavy (non-hydrogen) atoms. The van der Waals surface area contributed by atoms with E-state index >= 15 is 0 Å². The summed E-state index contributed by atoms with van der Waals surface area (Å²) in [7, 11) is -1.55. The molecule has 2 aromatic heterocycles. The Balaban J connectivity index is 1.82. The maximum atomic E-state index is 12.7. The van der Waals surface area contributed by atoms with Crippen molar-refractivity contribution >= 4 is 20.9 Å². The number of rotatable bonds is 3. The van der Waals surface area contributed by atoms with Gasteiger partial charge in [-0.3, -0.25) is 0 Å². The van der Waals surface area contributed by atoms with Crippen molar-refractivity contribution in [3.63, 3.8) is 0 Å². The Labute approximate surface area is 140 Å². The Morgan fingerprint density at radius 3 is 2.33 bits per heavy atom. The van der Waals surface area contributed by atoms with E-state index in [0.29, 0.717) is 0 Å². The first kappa shape index (κ1) is 14.8. The topological polar surface area (TPSA) is 44.0 Å². The molecule has 120 valence electrons. The summed E-state index contributed by atoms with van der Waals surface area (Å²) in [6, 6.07) is 18.7. The van der Waals surface area contributed by atoms with Crippen LogP contribution in [0.1, 0.15) is 0 Å². The van der Waals surface area contributed by atoms with Crippen LogP contribution < -0.4 is 0 Å². The lowest BCUT2D eigenvalue weighted by atomic mass is 10.0. The van der Waals surface area contributed by atoms with E-state index in [-0.39, 0.29) is 4.90 Å². The predicted octanol–water partition coefficient (Wildman–Crippen LogP) is 3.88. The minimum atomic E-state index is -3.55. The van der Waals surface area contributed by atoms with E-state index in [9.17, 15) is 8.42 Å². The van der Waals surface area contributed by atoms with Gasteiger partial charge in [0.05, 0.1) is 4.90 Å². The van der Waals surface area contributed by atoms with Gasteiger partial charge in [0.15, 0.2) is 0 Å². The van der Waals surface area contributed by atoms with E-state index < -0.39 is 10.0 Å². The second-order valence-corrected chi connectivity index (χ2v) is 7.59. The van der Waals surface area contributed by atoms with Gasteiger partial charge in [-0.1, -0.05) is 18.2 Å². The lowest BCUT2D eigenvalue weighted by Gasteiger charge is -2.08. The molecule has 0 radical (unpaired) electrons. The molecule has 0 aliphatic carbocycles. The van der Waals surface area contributed by atoms with Crippen LogP contribution in [0.25, 0.3) is 22.0 Å². The summed E-state index contributed by atoms with van der Waals surface area (Å²) in [4.78, 5) is 0.282. The van der Waals surface area contributed by atoms with Crippen molar-refractivity contribution in [3.05, 3.63) is 79.3 Å². The van der Waals surface area contributed by atoms with Gasteiger partial charge in [0.25, 0.3) is 10.0 Å². The number of fused-ring (bicyclic) bond motifs is 1. The molecule has 2 heterocycles. The maximum absolute atomic E-state index is 12.7. The number of benzene rings is 2.